The molecule has 2 aliphatic heterocycles. The average Bonchev–Trinajstić information content (AvgIpc) is 3.03. The Kier molecular flexibility index (Phi) is 9.28. The summed E-state index contributed by atoms with van der Waals surface area (Å²) < 4.78 is 5.74. The number of ether oxygens (including phenoxy) is 1. The van der Waals surface area contributed by atoms with E-state index in [1.165, 1.54) is 0 Å². The highest BCUT2D eigenvalue weighted by Crippen LogP contribution is 2.36. The first-order valence-corrected chi connectivity index (χ1v) is 17.6. The van der Waals surface area contributed by atoms with Crippen molar-refractivity contribution in [2.24, 2.45) is 0 Å². The van der Waals surface area contributed by atoms with Crippen LogP contribution in [0.3, 0.4) is 0 Å². The van der Waals surface area contributed by atoms with Crippen LogP contribution in [0.4, 0.5) is 29.0 Å². The van der Waals surface area contributed by atoms with Crippen molar-refractivity contribution < 1.29 is 4.74 Å². The van der Waals surface area contributed by atoms with Crippen molar-refractivity contribution in [1.82, 2.24) is 34.7 Å². The lowest BCUT2D eigenvalue weighted by Gasteiger charge is -2.42. The molecule has 13 heteroatoms. The summed E-state index contributed by atoms with van der Waals surface area (Å²) in [6, 6.07) is 6.66. The number of anilines is 5. The number of hydrogen-bond acceptors (Lipinski definition) is 11. The minimum absolute atomic E-state index is 0.384. The molecular weight excluding hydrogens is 595 g/mol. The maximum Gasteiger partial charge on any atom is 0.239 e. The van der Waals surface area contributed by atoms with E-state index in [0.717, 1.165) is 85.5 Å². The van der Waals surface area contributed by atoms with Crippen LogP contribution in [0.2, 0.25) is 5.02 Å². The molecule has 11 nitrogen and oxygen atoms in total. The Morgan fingerprint density at radius 2 is 1.68 bits per heavy atom. The highest BCUT2D eigenvalue weighted by molar-refractivity contribution is 7.65. The number of nitrogens with one attached hydrogen (secondary N) is 2. The van der Waals surface area contributed by atoms with Gasteiger partial charge in [0.2, 0.25) is 11.8 Å². The third kappa shape index (κ3) is 6.52. The molecule has 232 valence electrons. The molecule has 44 heavy (non-hydrogen) atoms. The minimum Gasteiger partial charge on any atom is -0.479 e. The van der Waals surface area contributed by atoms with Crippen LogP contribution >= 0.6 is 19.5 Å². The summed E-state index contributed by atoms with van der Waals surface area (Å²) in [4.78, 5) is 30.6. The van der Waals surface area contributed by atoms with Gasteiger partial charge in [-0.1, -0.05) is 19.5 Å². The van der Waals surface area contributed by atoms with E-state index in [2.05, 4.69) is 73.7 Å². The Morgan fingerprint density at radius 1 is 0.932 bits per heavy atom. The minimum atomic E-state index is -0.497. The number of piperazine rings is 1. The number of benzene rings is 1. The summed E-state index contributed by atoms with van der Waals surface area (Å²) in [6.45, 7) is 13.1. The molecule has 0 bridgehead atoms. The van der Waals surface area contributed by atoms with E-state index in [-0.39, 0.29) is 0 Å². The van der Waals surface area contributed by atoms with Crippen LogP contribution in [-0.4, -0.2) is 108 Å². The van der Waals surface area contributed by atoms with Gasteiger partial charge in [-0.15, -0.1) is 0 Å². The van der Waals surface area contributed by atoms with Crippen LogP contribution in [0.25, 0.3) is 11.0 Å². The topological polar surface area (TPSA) is 107 Å². The van der Waals surface area contributed by atoms with Crippen LogP contribution in [0, 0.1) is 6.92 Å². The number of fused-ring (bicyclic) bond motifs is 1. The molecule has 2 aliphatic rings. The van der Waals surface area contributed by atoms with E-state index >= 15 is 0 Å². The Labute approximate surface area is 265 Å². The number of aromatic nitrogens is 5. The molecule has 1 aromatic carbocycles. The quantitative estimate of drug-likeness (QED) is 0.260. The van der Waals surface area contributed by atoms with E-state index in [9.17, 15) is 0 Å². The number of aryl methyl sites for hydroxylation is 1. The van der Waals surface area contributed by atoms with Crippen LogP contribution in [0.1, 0.15) is 18.4 Å². The maximum atomic E-state index is 6.57. The fourth-order valence-electron chi connectivity index (χ4n) is 6.12. The number of pyridine rings is 1. The highest BCUT2D eigenvalue weighted by atomic mass is 35.5. The Hall–Kier alpha value is -3.37. The molecule has 6 rings (SSSR count). The number of methoxy groups -OCH3 is 1. The molecule has 0 atom stereocenters. The fraction of sp³-hybridized carbons (Fsp3) is 0.452. The number of likely N-dealkylation sites (N-methyl/N-ethyl adjacent to an activating group) is 1. The van der Waals surface area contributed by atoms with Gasteiger partial charge in [0.1, 0.15) is 16.5 Å². The smallest absolute Gasteiger partial charge is 0.239 e. The molecule has 4 aromatic rings. The zero-order chi connectivity index (χ0) is 30.8. The van der Waals surface area contributed by atoms with Crippen LogP contribution in [0.15, 0.2) is 36.8 Å². The molecule has 0 radical (unpaired) electrons. The second kappa shape index (κ2) is 13.3. The molecule has 0 aliphatic carbocycles. The number of nitrogens with zero attached hydrogens (tertiary/aromatic N) is 8. The summed E-state index contributed by atoms with van der Waals surface area (Å²) in [5, 5.41) is 8.26. The first kappa shape index (κ1) is 30.6. The molecule has 5 heterocycles. The summed E-state index contributed by atoms with van der Waals surface area (Å²) in [7, 11) is 3.35. The van der Waals surface area contributed by atoms with Crippen molar-refractivity contribution in [3.8, 4) is 5.88 Å². The van der Waals surface area contributed by atoms with E-state index < -0.39 is 7.92 Å². The molecule has 0 spiro atoms. The summed E-state index contributed by atoms with van der Waals surface area (Å²) in [6.07, 6.45) is 7.31. The predicted molar refractivity (Wildman–Crippen MR) is 181 cm³/mol. The molecule has 3 aromatic heterocycles. The molecule has 0 saturated carbocycles. The zero-order valence-electron chi connectivity index (χ0n) is 26.0. The van der Waals surface area contributed by atoms with Gasteiger partial charge in [-0.3, -0.25) is 14.9 Å². The van der Waals surface area contributed by atoms with Crippen molar-refractivity contribution in [1.29, 1.82) is 0 Å². The lowest BCUT2D eigenvalue weighted by molar-refractivity contribution is 0.0981. The number of halogens is 1. The Morgan fingerprint density at radius 3 is 2.41 bits per heavy atom. The van der Waals surface area contributed by atoms with Crippen molar-refractivity contribution >= 4 is 64.8 Å². The van der Waals surface area contributed by atoms with Crippen LogP contribution in [-0.2, 0) is 0 Å². The van der Waals surface area contributed by atoms with Gasteiger partial charge in [-0.2, -0.15) is 9.97 Å². The summed E-state index contributed by atoms with van der Waals surface area (Å²) in [5.74, 6) is 2.34. The number of hydrogen-bond donors (Lipinski definition) is 2. The van der Waals surface area contributed by atoms with Gasteiger partial charge in [-0.25, -0.2) is 4.98 Å². The monoisotopic (exact) mass is 634 g/mol. The molecule has 0 amide bonds. The van der Waals surface area contributed by atoms with Crippen molar-refractivity contribution in [2.75, 3.05) is 82.3 Å². The van der Waals surface area contributed by atoms with Gasteiger partial charge in [0.25, 0.3) is 0 Å². The lowest BCUT2D eigenvalue weighted by atomic mass is 10.0. The second-order valence-corrected chi connectivity index (χ2v) is 14.3. The van der Waals surface area contributed by atoms with Gasteiger partial charge in [0.05, 0.1) is 24.3 Å². The first-order chi connectivity index (χ1) is 21.3. The van der Waals surface area contributed by atoms with Crippen molar-refractivity contribution in [3.63, 3.8) is 0 Å². The molecule has 2 N–H and O–H groups in total. The van der Waals surface area contributed by atoms with E-state index in [0.29, 0.717) is 34.4 Å². The second-order valence-electron chi connectivity index (χ2n) is 11.7. The highest BCUT2D eigenvalue weighted by Gasteiger charge is 2.28. The van der Waals surface area contributed by atoms with Gasteiger partial charge in [0.15, 0.2) is 5.82 Å². The predicted octanol–water partition coefficient (Wildman–Crippen LogP) is 4.86. The SMILES string of the molecule is COc1nc(N2CCC(N3CCN(C)CC3)CC2)c(C)cc1Nc1ncc(Cl)c(Nc2ccc3nccnc3c2P(C)C)n1. The largest absolute Gasteiger partial charge is 0.479 e. The standard InChI is InChI=1S/C31H40ClN10OP/c1-20-18-25(30(43-3)39-29(20)42-12-8-21(9-13-42)41-16-14-40(2)15-17-41)37-31-35-19-22(32)28(38-31)36-24-7-6-23-26(27(24)44(4)5)34-11-10-33-23/h6-7,10-11,18-19,21H,8-9,12-17H2,1-5H3,(H2,35,36,37,38). The van der Waals surface area contributed by atoms with Crippen LogP contribution < -0.4 is 25.6 Å². The van der Waals surface area contributed by atoms with Crippen molar-refractivity contribution in [3.05, 3.63) is 47.4 Å². The van der Waals surface area contributed by atoms with Gasteiger partial charge >= 0.3 is 0 Å². The van der Waals surface area contributed by atoms with Crippen LogP contribution in [0.5, 0.6) is 5.88 Å². The fourth-order valence-corrected chi connectivity index (χ4v) is 7.47. The third-order valence-electron chi connectivity index (χ3n) is 8.47. The molecular formula is C31H40ClN10OP. The van der Waals surface area contributed by atoms with E-state index in [4.69, 9.17) is 26.3 Å². The number of rotatable bonds is 8. The summed E-state index contributed by atoms with van der Waals surface area (Å²) in [5.41, 5.74) is 4.41. The normalized spacial score (nSPS) is 16.9. The first-order valence-electron chi connectivity index (χ1n) is 15.0. The maximum absolute atomic E-state index is 6.57. The lowest BCUT2D eigenvalue weighted by Crippen LogP contribution is -2.52. The molecule has 2 fully saturated rings. The third-order valence-corrected chi connectivity index (χ3v) is 10.1. The van der Waals surface area contributed by atoms with E-state index in [1.54, 1.807) is 25.7 Å². The zero-order valence-corrected chi connectivity index (χ0v) is 27.7. The van der Waals surface area contributed by atoms with E-state index in [1.807, 2.05) is 12.1 Å². The Bertz CT molecular complexity index is 1620. The average molecular weight is 635 g/mol. The Balaban J connectivity index is 1.19. The summed E-state index contributed by atoms with van der Waals surface area (Å²) >= 11 is 6.57. The molecule has 2 saturated heterocycles. The van der Waals surface area contributed by atoms with Gasteiger partial charge in [0, 0.05) is 68.7 Å². The van der Waals surface area contributed by atoms with Gasteiger partial charge < -0.3 is 25.2 Å². The van der Waals surface area contributed by atoms with Gasteiger partial charge in [-0.05, 0) is 63.9 Å². The number of piperidine rings is 1. The van der Waals surface area contributed by atoms with Crippen molar-refractivity contribution in [2.45, 2.75) is 25.8 Å². The molecule has 0 unspecified atom stereocenters.